The number of rotatable bonds is 4. The maximum Gasteiger partial charge on any atom is 0.165 e. The van der Waals surface area contributed by atoms with Gasteiger partial charge in [0.1, 0.15) is 18.4 Å². The molecule has 96 valence electrons. The summed E-state index contributed by atoms with van der Waals surface area (Å²) in [5, 5.41) is 8.91. The Labute approximate surface area is 110 Å². The van der Waals surface area contributed by atoms with Crippen LogP contribution in [0.4, 0.5) is 4.39 Å². The molecule has 1 heterocycles. The third kappa shape index (κ3) is 2.87. The maximum absolute atomic E-state index is 13.7. The third-order valence-electron chi connectivity index (χ3n) is 2.64. The molecule has 2 aromatic rings. The Hall–Kier alpha value is -2.45. The fourth-order valence-electron chi connectivity index (χ4n) is 1.68. The first kappa shape index (κ1) is 13.0. The number of ether oxygens (including phenoxy) is 1. The quantitative estimate of drug-likeness (QED) is 0.910. The van der Waals surface area contributed by atoms with E-state index in [2.05, 4.69) is 4.98 Å². The summed E-state index contributed by atoms with van der Waals surface area (Å²) in [6, 6.07) is 9.97. The molecule has 4 nitrogen and oxygen atoms in total. The fourth-order valence-corrected chi connectivity index (χ4v) is 1.68. The number of halogens is 1. The Balaban J connectivity index is 2.22. The predicted octanol–water partition coefficient (Wildman–Crippen LogP) is 2.13. The summed E-state index contributed by atoms with van der Waals surface area (Å²) in [4.78, 5) is 3.91. The van der Waals surface area contributed by atoms with Gasteiger partial charge in [-0.05, 0) is 12.1 Å². The number of nitrogens with two attached hydrogens (primary N) is 1. The zero-order chi connectivity index (χ0) is 13.7. The van der Waals surface area contributed by atoms with Gasteiger partial charge in [0.15, 0.2) is 11.6 Å². The topological polar surface area (TPSA) is 71.9 Å². The van der Waals surface area contributed by atoms with Gasteiger partial charge < -0.3 is 10.5 Å². The van der Waals surface area contributed by atoms with Crippen LogP contribution in [0.5, 0.6) is 5.75 Å². The van der Waals surface area contributed by atoms with Crippen LogP contribution >= 0.6 is 0 Å². The molecule has 0 atom stereocenters. The molecule has 0 bridgehead atoms. The highest BCUT2D eigenvalue weighted by molar-refractivity contribution is 5.36. The largest absolute Gasteiger partial charge is 0.485 e. The van der Waals surface area contributed by atoms with Gasteiger partial charge in [-0.15, -0.1) is 0 Å². The highest BCUT2D eigenvalue weighted by atomic mass is 19.1. The zero-order valence-electron chi connectivity index (χ0n) is 10.1. The van der Waals surface area contributed by atoms with Crippen molar-refractivity contribution in [3.63, 3.8) is 0 Å². The van der Waals surface area contributed by atoms with Crippen molar-refractivity contribution in [1.82, 2.24) is 4.98 Å². The Morgan fingerprint density at radius 1 is 1.26 bits per heavy atom. The number of hydrogen-bond acceptors (Lipinski definition) is 4. The summed E-state index contributed by atoms with van der Waals surface area (Å²) in [6.45, 7) is 0.260. The molecule has 0 aliphatic heterocycles. The highest BCUT2D eigenvalue weighted by Crippen LogP contribution is 2.23. The van der Waals surface area contributed by atoms with E-state index in [0.717, 1.165) is 0 Å². The number of aromatic nitrogens is 1. The number of nitrogens with zero attached hydrogens (tertiary/aromatic N) is 2. The van der Waals surface area contributed by atoms with E-state index in [1.54, 1.807) is 24.3 Å². The van der Waals surface area contributed by atoms with Crippen LogP contribution in [0, 0.1) is 17.1 Å². The second kappa shape index (κ2) is 5.94. The van der Waals surface area contributed by atoms with Crippen molar-refractivity contribution in [2.45, 2.75) is 13.2 Å². The lowest BCUT2D eigenvalue weighted by molar-refractivity contribution is 0.286. The molecule has 0 aliphatic rings. The first-order valence-electron chi connectivity index (χ1n) is 5.70. The van der Waals surface area contributed by atoms with E-state index in [0.29, 0.717) is 11.1 Å². The van der Waals surface area contributed by atoms with Crippen LogP contribution in [-0.2, 0) is 13.2 Å². The minimum absolute atomic E-state index is 0.0741. The van der Waals surface area contributed by atoms with Crippen molar-refractivity contribution in [3.05, 3.63) is 59.2 Å². The summed E-state index contributed by atoms with van der Waals surface area (Å²) in [5.74, 6) is -0.344. The van der Waals surface area contributed by atoms with E-state index in [1.807, 2.05) is 6.07 Å². The molecular formula is C14H12FN3O. The Bertz CT molecular complexity index is 622. The van der Waals surface area contributed by atoms with E-state index >= 15 is 0 Å². The van der Waals surface area contributed by atoms with Crippen molar-refractivity contribution in [3.8, 4) is 11.8 Å². The summed E-state index contributed by atoms with van der Waals surface area (Å²) < 4.78 is 19.1. The molecule has 1 aromatic heterocycles. The predicted molar refractivity (Wildman–Crippen MR) is 67.6 cm³/mol. The fraction of sp³-hybridized carbons (Fsp3) is 0.143. The Morgan fingerprint density at radius 3 is 2.79 bits per heavy atom. The minimum Gasteiger partial charge on any atom is -0.485 e. The van der Waals surface area contributed by atoms with Crippen LogP contribution < -0.4 is 10.5 Å². The Kier molecular flexibility index (Phi) is 4.06. The first-order chi connectivity index (χ1) is 9.26. The molecule has 0 spiro atoms. The van der Waals surface area contributed by atoms with Crippen molar-refractivity contribution < 1.29 is 9.13 Å². The molecule has 0 saturated heterocycles. The summed E-state index contributed by atoms with van der Waals surface area (Å²) in [7, 11) is 0. The molecular weight excluding hydrogens is 245 g/mol. The lowest BCUT2D eigenvalue weighted by Gasteiger charge is -2.11. The first-order valence-corrected chi connectivity index (χ1v) is 5.70. The lowest BCUT2D eigenvalue weighted by Crippen LogP contribution is -2.06. The van der Waals surface area contributed by atoms with Crippen molar-refractivity contribution in [1.29, 1.82) is 5.26 Å². The molecule has 0 unspecified atom stereocenters. The van der Waals surface area contributed by atoms with Gasteiger partial charge >= 0.3 is 0 Å². The lowest BCUT2D eigenvalue weighted by atomic mass is 10.2. The number of nitriles is 1. The normalized spacial score (nSPS) is 9.95. The van der Waals surface area contributed by atoms with Crippen molar-refractivity contribution >= 4 is 0 Å². The molecule has 2 N–H and O–H groups in total. The Morgan fingerprint density at radius 2 is 2.05 bits per heavy atom. The summed E-state index contributed by atoms with van der Waals surface area (Å²) in [5.41, 5.74) is 7.00. The van der Waals surface area contributed by atoms with Gasteiger partial charge in [-0.1, -0.05) is 18.2 Å². The van der Waals surface area contributed by atoms with Crippen LogP contribution in [0.3, 0.4) is 0 Å². The van der Waals surface area contributed by atoms with Crippen LogP contribution in [0.2, 0.25) is 0 Å². The van der Waals surface area contributed by atoms with Gasteiger partial charge in [0.25, 0.3) is 0 Å². The number of benzene rings is 1. The number of para-hydroxylation sites is 1. The SMILES string of the molecule is N#Cc1ncccc1COc1c(F)cccc1CN. The molecule has 5 heteroatoms. The minimum atomic E-state index is -0.467. The standard InChI is InChI=1S/C14H12FN3O/c15-12-5-1-3-10(7-16)14(12)19-9-11-4-2-6-18-13(11)8-17/h1-6H,7,9,16H2. The van der Waals surface area contributed by atoms with Crippen molar-refractivity contribution in [2.75, 3.05) is 0 Å². The van der Waals surface area contributed by atoms with E-state index in [1.165, 1.54) is 12.3 Å². The molecule has 0 aliphatic carbocycles. The molecule has 0 radical (unpaired) electrons. The van der Waals surface area contributed by atoms with Gasteiger partial charge in [0, 0.05) is 23.9 Å². The average molecular weight is 257 g/mol. The van der Waals surface area contributed by atoms with Gasteiger partial charge in [-0.2, -0.15) is 5.26 Å². The molecule has 0 amide bonds. The van der Waals surface area contributed by atoms with E-state index in [9.17, 15) is 4.39 Å². The van der Waals surface area contributed by atoms with Crippen LogP contribution in [-0.4, -0.2) is 4.98 Å². The second-order valence-electron chi connectivity index (χ2n) is 3.84. The molecule has 1 aromatic carbocycles. The third-order valence-corrected chi connectivity index (χ3v) is 2.64. The number of pyridine rings is 1. The van der Waals surface area contributed by atoms with Gasteiger partial charge in [0.2, 0.25) is 0 Å². The maximum atomic E-state index is 13.7. The van der Waals surface area contributed by atoms with E-state index in [-0.39, 0.29) is 24.6 Å². The second-order valence-corrected chi connectivity index (χ2v) is 3.84. The van der Waals surface area contributed by atoms with Gasteiger partial charge in [0.05, 0.1) is 0 Å². The van der Waals surface area contributed by atoms with E-state index in [4.69, 9.17) is 15.7 Å². The van der Waals surface area contributed by atoms with Crippen LogP contribution in [0.25, 0.3) is 0 Å². The highest BCUT2D eigenvalue weighted by Gasteiger charge is 2.10. The molecule has 19 heavy (non-hydrogen) atoms. The molecule has 2 rings (SSSR count). The molecule has 0 saturated carbocycles. The zero-order valence-corrected chi connectivity index (χ0v) is 10.1. The van der Waals surface area contributed by atoms with Gasteiger partial charge in [-0.3, -0.25) is 0 Å². The van der Waals surface area contributed by atoms with Gasteiger partial charge in [-0.25, -0.2) is 9.37 Å². The summed E-state index contributed by atoms with van der Waals surface area (Å²) >= 11 is 0. The molecule has 0 fully saturated rings. The summed E-state index contributed by atoms with van der Waals surface area (Å²) in [6.07, 6.45) is 1.52. The van der Waals surface area contributed by atoms with Crippen LogP contribution in [0.1, 0.15) is 16.8 Å². The average Bonchev–Trinajstić information content (AvgIpc) is 2.46. The monoisotopic (exact) mass is 257 g/mol. The smallest absolute Gasteiger partial charge is 0.165 e. The number of hydrogen-bond donors (Lipinski definition) is 1. The van der Waals surface area contributed by atoms with Crippen molar-refractivity contribution in [2.24, 2.45) is 5.73 Å². The van der Waals surface area contributed by atoms with E-state index < -0.39 is 5.82 Å². The van der Waals surface area contributed by atoms with Crippen LogP contribution in [0.15, 0.2) is 36.5 Å².